The van der Waals surface area contributed by atoms with Gasteiger partial charge in [-0.15, -0.1) is 0 Å². The highest BCUT2D eigenvalue weighted by Gasteiger charge is 2.20. The van der Waals surface area contributed by atoms with E-state index in [1.165, 1.54) is 327 Å². The fourth-order valence-electron chi connectivity index (χ4n) is 11.3. The van der Waals surface area contributed by atoms with Crippen LogP contribution < -0.4 is 5.32 Å². The zero-order chi connectivity index (χ0) is 56.4. The molecule has 1 amide bonds. The minimum Gasteiger partial charge on any atom is -0.466 e. The highest BCUT2D eigenvalue weighted by molar-refractivity contribution is 5.76. The van der Waals surface area contributed by atoms with Gasteiger partial charge < -0.3 is 20.3 Å². The Morgan fingerprint density at radius 2 is 0.603 bits per heavy atom. The maximum atomic E-state index is 12.5. The van der Waals surface area contributed by atoms with Gasteiger partial charge in [0.2, 0.25) is 5.91 Å². The number of aliphatic hydroxyl groups excluding tert-OH is 2. The maximum Gasteiger partial charge on any atom is 0.305 e. The second-order valence-electron chi connectivity index (χ2n) is 24.6. The lowest BCUT2D eigenvalue weighted by Crippen LogP contribution is -2.45. The summed E-state index contributed by atoms with van der Waals surface area (Å²) in [5.41, 5.74) is 0. The summed E-state index contributed by atoms with van der Waals surface area (Å²) in [6.45, 7) is 4.98. The summed E-state index contributed by atoms with van der Waals surface area (Å²) in [6, 6.07) is -0.542. The number of ether oxygens (including phenoxy) is 1. The molecule has 0 rings (SSSR count). The molecule has 0 aliphatic carbocycles. The molecule has 78 heavy (non-hydrogen) atoms. The van der Waals surface area contributed by atoms with E-state index in [0.717, 1.165) is 38.5 Å². The molecule has 0 radical (unpaired) electrons. The van der Waals surface area contributed by atoms with E-state index in [4.69, 9.17) is 4.74 Å². The molecule has 0 aromatic carbocycles. The zero-order valence-corrected chi connectivity index (χ0v) is 52.9. The Morgan fingerprint density at radius 1 is 0.346 bits per heavy atom. The molecule has 0 aliphatic heterocycles. The molecule has 3 N–H and O–H groups in total. The number of carbonyl (C=O) groups excluding carboxylic acids is 2. The van der Waals surface area contributed by atoms with E-state index >= 15 is 0 Å². The molecule has 0 heterocycles. The van der Waals surface area contributed by atoms with Crippen molar-refractivity contribution < 1.29 is 24.5 Å². The number of hydrogen-bond acceptors (Lipinski definition) is 5. The number of hydrogen-bond donors (Lipinski definition) is 3. The van der Waals surface area contributed by atoms with Gasteiger partial charge in [0.1, 0.15) is 0 Å². The average molecular weight is 1100 g/mol. The van der Waals surface area contributed by atoms with Gasteiger partial charge in [-0.1, -0.05) is 334 Å². The number of esters is 1. The Kier molecular flexibility index (Phi) is 66.4. The fourth-order valence-corrected chi connectivity index (χ4v) is 11.3. The van der Waals surface area contributed by atoms with Crippen molar-refractivity contribution in [1.82, 2.24) is 5.32 Å². The summed E-state index contributed by atoms with van der Waals surface area (Å²) in [5, 5.41) is 23.3. The molecular weight excluding hydrogens is 959 g/mol. The summed E-state index contributed by atoms with van der Waals surface area (Å²) in [4.78, 5) is 24.6. The Morgan fingerprint density at radius 3 is 0.910 bits per heavy atom. The molecule has 2 atom stereocenters. The molecule has 0 aliphatic rings. The smallest absolute Gasteiger partial charge is 0.305 e. The van der Waals surface area contributed by atoms with E-state index in [-0.39, 0.29) is 18.5 Å². The van der Waals surface area contributed by atoms with Gasteiger partial charge in [-0.3, -0.25) is 9.59 Å². The normalized spacial score (nSPS) is 12.6. The summed E-state index contributed by atoms with van der Waals surface area (Å²) < 4.78 is 5.51. The van der Waals surface area contributed by atoms with Crippen molar-refractivity contribution in [2.75, 3.05) is 13.2 Å². The first-order valence-electron chi connectivity index (χ1n) is 35.6. The van der Waals surface area contributed by atoms with Crippen LogP contribution in [0.4, 0.5) is 0 Å². The van der Waals surface area contributed by atoms with Crippen molar-refractivity contribution in [3.8, 4) is 0 Å². The minimum atomic E-state index is -0.664. The predicted molar refractivity (Wildman–Crippen MR) is 343 cm³/mol. The Hall–Kier alpha value is -1.66. The van der Waals surface area contributed by atoms with Crippen molar-refractivity contribution in [3.05, 3.63) is 24.3 Å². The number of carbonyl (C=O) groups is 2. The van der Waals surface area contributed by atoms with Gasteiger partial charge in [0.05, 0.1) is 25.4 Å². The van der Waals surface area contributed by atoms with E-state index < -0.39 is 12.1 Å². The number of nitrogens with one attached hydrogen (secondary N) is 1. The van der Waals surface area contributed by atoms with Crippen LogP contribution in [0.2, 0.25) is 0 Å². The largest absolute Gasteiger partial charge is 0.466 e. The van der Waals surface area contributed by atoms with Crippen LogP contribution in [0.3, 0.4) is 0 Å². The van der Waals surface area contributed by atoms with Crippen LogP contribution in [-0.2, 0) is 14.3 Å². The van der Waals surface area contributed by atoms with Crippen LogP contribution in [0.1, 0.15) is 399 Å². The quantitative estimate of drug-likeness (QED) is 0.0320. The molecule has 0 saturated carbocycles. The zero-order valence-electron chi connectivity index (χ0n) is 52.9. The first-order chi connectivity index (χ1) is 38.5. The van der Waals surface area contributed by atoms with Crippen molar-refractivity contribution in [2.24, 2.45) is 0 Å². The molecule has 0 aromatic heterocycles. The molecule has 462 valence electrons. The number of aliphatic hydroxyl groups is 2. The molecule has 0 saturated heterocycles. The molecule has 0 bridgehead atoms. The predicted octanol–water partition coefficient (Wildman–Crippen LogP) is 22.9. The van der Waals surface area contributed by atoms with Crippen LogP contribution in [0, 0.1) is 0 Å². The van der Waals surface area contributed by atoms with Crippen LogP contribution >= 0.6 is 0 Å². The van der Waals surface area contributed by atoms with E-state index in [1.54, 1.807) is 0 Å². The Balaban J connectivity index is 3.36. The number of amides is 1. The third kappa shape index (κ3) is 63.5. The van der Waals surface area contributed by atoms with Gasteiger partial charge in [-0.25, -0.2) is 0 Å². The Bertz CT molecular complexity index is 1220. The summed E-state index contributed by atoms with van der Waals surface area (Å²) in [7, 11) is 0. The minimum absolute atomic E-state index is 0.0155. The van der Waals surface area contributed by atoms with E-state index in [2.05, 4.69) is 43.5 Å². The third-order valence-corrected chi connectivity index (χ3v) is 16.7. The van der Waals surface area contributed by atoms with Crippen LogP contribution in [-0.4, -0.2) is 47.4 Å². The standard InChI is InChI=1S/C72H139NO5/c1-3-5-7-9-11-13-15-17-19-20-30-34-38-42-46-50-54-58-62-66-72(77)78-67-63-59-55-51-47-43-39-35-32-29-27-25-23-21-22-24-26-28-31-33-37-41-45-49-53-57-61-65-71(76)73-69(68-74)70(75)64-60-56-52-48-44-40-36-18-16-14-12-10-8-6-4-2/h17,19,21-22,69-70,74-75H,3-16,18,20,23-68H2,1-2H3,(H,73,76)/b19-17-,22-21-. The molecular formula is C72H139NO5. The van der Waals surface area contributed by atoms with Crippen molar-refractivity contribution in [3.63, 3.8) is 0 Å². The van der Waals surface area contributed by atoms with Crippen molar-refractivity contribution in [1.29, 1.82) is 0 Å². The lowest BCUT2D eigenvalue weighted by molar-refractivity contribution is -0.143. The first-order valence-corrected chi connectivity index (χ1v) is 35.6. The average Bonchev–Trinajstić information content (AvgIpc) is 3.44. The molecule has 0 aromatic rings. The van der Waals surface area contributed by atoms with Gasteiger partial charge in [0.25, 0.3) is 0 Å². The lowest BCUT2D eigenvalue weighted by Gasteiger charge is -2.22. The topological polar surface area (TPSA) is 95.9 Å². The second kappa shape index (κ2) is 67.8. The van der Waals surface area contributed by atoms with Gasteiger partial charge in [-0.2, -0.15) is 0 Å². The van der Waals surface area contributed by atoms with E-state index in [9.17, 15) is 19.8 Å². The summed E-state index contributed by atoms with van der Waals surface area (Å²) >= 11 is 0. The monoisotopic (exact) mass is 1100 g/mol. The SMILES string of the molecule is CCCCCCCC/C=C\CCCCCCCCCCCC(=O)OCCCCCCCCCCCCCC/C=C\CCCCCCCCCCCCCC(=O)NC(CO)C(O)CCCCCCCCCCCCCCCCC. The summed E-state index contributed by atoms with van der Waals surface area (Å²) in [5.74, 6) is -0.0175. The fraction of sp³-hybridized carbons (Fsp3) is 0.917. The van der Waals surface area contributed by atoms with Crippen molar-refractivity contribution >= 4 is 11.9 Å². The Labute approximate surface area is 488 Å². The maximum absolute atomic E-state index is 12.5. The number of allylic oxidation sites excluding steroid dienone is 4. The second-order valence-corrected chi connectivity index (χ2v) is 24.6. The van der Waals surface area contributed by atoms with Gasteiger partial charge in [0.15, 0.2) is 0 Å². The first kappa shape index (κ1) is 76.3. The van der Waals surface area contributed by atoms with Gasteiger partial charge in [-0.05, 0) is 77.0 Å². The van der Waals surface area contributed by atoms with Crippen LogP contribution in [0.15, 0.2) is 24.3 Å². The van der Waals surface area contributed by atoms with Crippen LogP contribution in [0.25, 0.3) is 0 Å². The lowest BCUT2D eigenvalue weighted by atomic mass is 10.0. The van der Waals surface area contributed by atoms with Crippen molar-refractivity contribution in [2.45, 2.75) is 411 Å². The third-order valence-electron chi connectivity index (χ3n) is 16.7. The molecule has 6 heteroatoms. The van der Waals surface area contributed by atoms with Gasteiger partial charge in [0, 0.05) is 12.8 Å². The van der Waals surface area contributed by atoms with E-state index in [1.807, 2.05) is 0 Å². The number of unbranched alkanes of at least 4 members (excludes halogenated alkanes) is 52. The van der Waals surface area contributed by atoms with Crippen LogP contribution in [0.5, 0.6) is 0 Å². The highest BCUT2D eigenvalue weighted by atomic mass is 16.5. The van der Waals surface area contributed by atoms with Gasteiger partial charge >= 0.3 is 5.97 Å². The molecule has 0 fully saturated rings. The molecule has 2 unspecified atom stereocenters. The highest BCUT2D eigenvalue weighted by Crippen LogP contribution is 2.19. The number of rotatable bonds is 67. The molecule has 6 nitrogen and oxygen atoms in total. The summed E-state index contributed by atoms with van der Waals surface area (Å²) in [6.07, 6.45) is 85.1. The van der Waals surface area contributed by atoms with E-state index in [0.29, 0.717) is 25.9 Å². The molecule has 0 spiro atoms.